The van der Waals surface area contributed by atoms with Crippen molar-refractivity contribution in [3.63, 3.8) is 0 Å². The van der Waals surface area contributed by atoms with E-state index in [-0.39, 0.29) is 17.1 Å². The smallest absolute Gasteiger partial charge is 0.292 e. The summed E-state index contributed by atoms with van der Waals surface area (Å²) in [5.41, 5.74) is 1.09. The summed E-state index contributed by atoms with van der Waals surface area (Å²) in [6, 6.07) is 16.1. The SMILES string of the molecule is O=C(Nc1ccnn1Cc1ccc(Cl)cc1Cl)c1ccc(-c2ccccc2F)o1. The molecule has 0 atom stereocenters. The lowest BCUT2D eigenvalue weighted by Gasteiger charge is -2.10. The number of furan rings is 1. The number of rotatable bonds is 5. The van der Waals surface area contributed by atoms with Crippen LogP contribution in [0.1, 0.15) is 16.1 Å². The third-order valence-electron chi connectivity index (χ3n) is 4.26. The number of hydrogen-bond acceptors (Lipinski definition) is 3. The zero-order valence-electron chi connectivity index (χ0n) is 14.9. The third-order valence-corrected chi connectivity index (χ3v) is 4.85. The second kappa shape index (κ2) is 8.11. The number of nitrogens with one attached hydrogen (secondary N) is 1. The molecule has 1 amide bonds. The molecule has 0 unspecified atom stereocenters. The number of carbonyl (C=O) groups is 1. The lowest BCUT2D eigenvalue weighted by molar-refractivity contribution is 0.0996. The van der Waals surface area contributed by atoms with Gasteiger partial charge in [0.25, 0.3) is 5.91 Å². The van der Waals surface area contributed by atoms with Crippen LogP contribution in [0.3, 0.4) is 0 Å². The second-order valence-corrected chi connectivity index (χ2v) is 7.05. The van der Waals surface area contributed by atoms with Gasteiger partial charge in [-0.2, -0.15) is 5.10 Å². The maximum absolute atomic E-state index is 13.9. The predicted octanol–water partition coefficient (Wildman–Crippen LogP) is 5.89. The Bertz CT molecular complexity index is 1190. The summed E-state index contributed by atoms with van der Waals surface area (Å²) in [6.45, 7) is 0.344. The van der Waals surface area contributed by atoms with Gasteiger partial charge >= 0.3 is 0 Å². The Labute approximate surface area is 175 Å². The van der Waals surface area contributed by atoms with Crippen molar-refractivity contribution < 1.29 is 13.6 Å². The largest absolute Gasteiger partial charge is 0.451 e. The van der Waals surface area contributed by atoms with Gasteiger partial charge in [-0.05, 0) is 42.0 Å². The maximum Gasteiger partial charge on any atom is 0.292 e. The Kier molecular flexibility index (Phi) is 5.38. The number of halogens is 3. The van der Waals surface area contributed by atoms with Crippen molar-refractivity contribution in [1.82, 2.24) is 9.78 Å². The summed E-state index contributed by atoms with van der Waals surface area (Å²) in [5, 5.41) is 8.00. The first-order valence-corrected chi connectivity index (χ1v) is 9.38. The van der Waals surface area contributed by atoms with E-state index >= 15 is 0 Å². The van der Waals surface area contributed by atoms with E-state index in [1.807, 2.05) is 0 Å². The number of benzene rings is 2. The molecule has 0 aliphatic carbocycles. The van der Waals surface area contributed by atoms with Crippen LogP contribution in [0.4, 0.5) is 10.2 Å². The average molecular weight is 430 g/mol. The molecule has 0 fully saturated rings. The van der Waals surface area contributed by atoms with Crippen LogP contribution in [0.15, 0.2) is 71.3 Å². The van der Waals surface area contributed by atoms with Gasteiger partial charge in [0.05, 0.1) is 18.3 Å². The van der Waals surface area contributed by atoms with Crippen molar-refractivity contribution in [2.45, 2.75) is 6.54 Å². The number of hydrogen-bond donors (Lipinski definition) is 1. The minimum absolute atomic E-state index is 0.0560. The highest BCUT2D eigenvalue weighted by molar-refractivity contribution is 6.35. The summed E-state index contributed by atoms with van der Waals surface area (Å²) in [5.74, 6) is -0.108. The molecule has 146 valence electrons. The standard InChI is InChI=1S/C21H14Cl2FN3O2/c22-14-6-5-13(16(23)11-14)12-27-20(9-10-25-27)26-21(28)19-8-7-18(29-19)15-3-1-2-4-17(15)24/h1-11H,12H2,(H,26,28). The quantitative estimate of drug-likeness (QED) is 0.430. The molecule has 2 aromatic heterocycles. The van der Waals surface area contributed by atoms with E-state index in [4.69, 9.17) is 27.6 Å². The van der Waals surface area contributed by atoms with Crippen molar-refractivity contribution in [3.8, 4) is 11.3 Å². The minimum Gasteiger partial charge on any atom is -0.451 e. The molecule has 29 heavy (non-hydrogen) atoms. The Morgan fingerprint density at radius 1 is 1.10 bits per heavy atom. The fourth-order valence-electron chi connectivity index (χ4n) is 2.82. The van der Waals surface area contributed by atoms with Crippen LogP contribution >= 0.6 is 23.2 Å². The maximum atomic E-state index is 13.9. The normalized spacial score (nSPS) is 10.9. The average Bonchev–Trinajstić information content (AvgIpc) is 3.34. The monoisotopic (exact) mass is 429 g/mol. The molecule has 0 saturated heterocycles. The number of carbonyl (C=O) groups excluding carboxylic acids is 1. The highest BCUT2D eigenvalue weighted by Crippen LogP contribution is 2.26. The molecular weight excluding hydrogens is 416 g/mol. The topological polar surface area (TPSA) is 60.1 Å². The Morgan fingerprint density at radius 3 is 2.72 bits per heavy atom. The van der Waals surface area contributed by atoms with Gasteiger partial charge in [-0.1, -0.05) is 41.4 Å². The highest BCUT2D eigenvalue weighted by atomic mass is 35.5. The lowest BCUT2D eigenvalue weighted by atomic mass is 10.1. The van der Waals surface area contributed by atoms with Crippen LogP contribution in [0.25, 0.3) is 11.3 Å². The summed E-state index contributed by atoms with van der Waals surface area (Å²) in [7, 11) is 0. The van der Waals surface area contributed by atoms with Gasteiger partial charge in [0, 0.05) is 16.1 Å². The van der Waals surface area contributed by atoms with Crippen molar-refractivity contribution in [1.29, 1.82) is 0 Å². The molecule has 0 saturated carbocycles. The van der Waals surface area contributed by atoms with E-state index in [0.29, 0.717) is 22.4 Å². The van der Waals surface area contributed by atoms with Crippen LogP contribution in [0, 0.1) is 5.82 Å². The van der Waals surface area contributed by atoms with E-state index in [1.165, 1.54) is 12.1 Å². The molecule has 5 nitrogen and oxygen atoms in total. The fourth-order valence-corrected chi connectivity index (χ4v) is 3.29. The first-order chi connectivity index (χ1) is 14.0. The van der Waals surface area contributed by atoms with Gasteiger partial charge in [0.15, 0.2) is 5.76 Å². The van der Waals surface area contributed by atoms with Crippen molar-refractivity contribution in [2.24, 2.45) is 0 Å². The molecule has 0 aliphatic heterocycles. The van der Waals surface area contributed by atoms with E-state index in [2.05, 4.69) is 10.4 Å². The van der Waals surface area contributed by atoms with Crippen LogP contribution in [0.5, 0.6) is 0 Å². The molecule has 0 bridgehead atoms. The first kappa shape index (κ1) is 19.2. The second-order valence-electron chi connectivity index (χ2n) is 6.21. The van der Waals surface area contributed by atoms with E-state index in [0.717, 1.165) is 5.56 Å². The van der Waals surface area contributed by atoms with Gasteiger partial charge in [-0.25, -0.2) is 9.07 Å². The Hall–Kier alpha value is -3.09. The number of nitrogens with zero attached hydrogens (tertiary/aromatic N) is 2. The molecule has 4 rings (SSSR count). The molecule has 2 heterocycles. The Balaban J connectivity index is 1.52. The fraction of sp³-hybridized carbons (Fsp3) is 0.0476. The molecule has 4 aromatic rings. The van der Waals surface area contributed by atoms with Crippen LogP contribution in [0.2, 0.25) is 10.0 Å². The van der Waals surface area contributed by atoms with Gasteiger partial charge < -0.3 is 9.73 Å². The lowest BCUT2D eigenvalue weighted by Crippen LogP contribution is -2.15. The van der Waals surface area contributed by atoms with E-state index in [1.54, 1.807) is 59.4 Å². The molecule has 8 heteroatoms. The summed E-state index contributed by atoms with van der Waals surface area (Å²) >= 11 is 12.1. The first-order valence-electron chi connectivity index (χ1n) is 8.63. The van der Waals surface area contributed by atoms with Gasteiger partial charge in [0.1, 0.15) is 17.4 Å². The number of anilines is 1. The predicted molar refractivity (Wildman–Crippen MR) is 110 cm³/mol. The van der Waals surface area contributed by atoms with Crippen molar-refractivity contribution >= 4 is 34.9 Å². The van der Waals surface area contributed by atoms with Crippen LogP contribution in [-0.2, 0) is 6.54 Å². The number of aromatic nitrogens is 2. The van der Waals surface area contributed by atoms with Gasteiger partial charge in [-0.3, -0.25) is 4.79 Å². The van der Waals surface area contributed by atoms with E-state index in [9.17, 15) is 9.18 Å². The molecule has 0 aliphatic rings. The van der Waals surface area contributed by atoms with Gasteiger partial charge in [-0.15, -0.1) is 0 Å². The molecular formula is C21H14Cl2FN3O2. The van der Waals surface area contributed by atoms with Crippen molar-refractivity contribution in [2.75, 3.05) is 5.32 Å². The van der Waals surface area contributed by atoms with Crippen LogP contribution in [-0.4, -0.2) is 15.7 Å². The molecule has 0 spiro atoms. The van der Waals surface area contributed by atoms with Gasteiger partial charge in [0.2, 0.25) is 0 Å². The summed E-state index contributed by atoms with van der Waals surface area (Å²) in [6.07, 6.45) is 1.56. The number of amides is 1. The molecule has 2 aromatic carbocycles. The van der Waals surface area contributed by atoms with Crippen molar-refractivity contribution in [3.05, 3.63) is 94.0 Å². The summed E-state index contributed by atoms with van der Waals surface area (Å²) < 4.78 is 21.0. The highest BCUT2D eigenvalue weighted by Gasteiger charge is 2.16. The molecule has 0 radical (unpaired) electrons. The zero-order valence-corrected chi connectivity index (χ0v) is 16.4. The minimum atomic E-state index is -0.475. The third kappa shape index (κ3) is 4.18. The summed E-state index contributed by atoms with van der Waals surface area (Å²) in [4.78, 5) is 12.6. The molecule has 1 N–H and O–H groups in total. The Morgan fingerprint density at radius 2 is 1.93 bits per heavy atom. The van der Waals surface area contributed by atoms with Crippen LogP contribution < -0.4 is 5.32 Å². The van der Waals surface area contributed by atoms with E-state index < -0.39 is 11.7 Å². The zero-order chi connectivity index (χ0) is 20.4.